The molecular formula is C9H7BrO5. The molecule has 0 aliphatic heterocycles. The van der Waals surface area contributed by atoms with E-state index in [1.807, 2.05) is 0 Å². The Kier molecular flexibility index (Phi) is 3.31. The van der Waals surface area contributed by atoms with Gasteiger partial charge in [-0.1, -0.05) is 15.9 Å². The summed E-state index contributed by atoms with van der Waals surface area (Å²) in [5, 5.41) is 17.7. The minimum absolute atomic E-state index is 0.154. The summed E-state index contributed by atoms with van der Waals surface area (Å²) in [6.45, 7) is 0. The Morgan fingerprint density at radius 1 is 1.20 bits per heavy atom. The lowest BCUT2D eigenvalue weighted by Crippen LogP contribution is -2.07. The molecule has 0 unspecified atom stereocenters. The first-order valence-corrected chi connectivity index (χ1v) is 4.60. The molecule has 0 aliphatic rings. The topological polar surface area (TPSA) is 83.8 Å². The van der Waals surface area contributed by atoms with E-state index in [9.17, 15) is 9.59 Å². The number of benzene rings is 1. The fourth-order valence-electron chi connectivity index (χ4n) is 1.13. The average molecular weight is 275 g/mol. The minimum Gasteiger partial charge on any atom is -0.495 e. The van der Waals surface area contributed by atoms with Crippen molar-refractivity contribution in [3.63, 3.8) is 0 Å². The number of methoxy groups -OCH3 is 1. The highest BCUT2D eigenvalue weighted by Crippen LogP contribution is 2.28. The van der Waals surface area contributed by atoms with Crippen molar-refractivity contribution in [1.29, 1.82) is 0 Å². The predicted molar refractivity (Wildman–Crippen MR) is 54.6 cm³/mol. The van der Waals surface area contributed by atoms with E-state index in [1.165, 1.54) is 19.2 Å². The van der Waals surface area contributed by atoms with Crippen LogP contribution < -0.4 is 4.74 Å². The number of aromatic carboxylic acids is 2. The number of halogens is 1. The van der Waals surface area contributed by atoms with Crippen molar-refractivity contribution >= 4 is 27.9 Å². The van der Waals surface area contributed by atoms with Crippen LogP contribution in [0.3, 0.4) is 0 Å². The van der Waals surface area contributed by atoms with Gasteiger partial charge >= 0.3 is 11.9 Å². The molecule has 1 aromatic rings. The molecule has 0 atom stereocenters. The largest absolute Gasteiger partial charge is 0.495 e. The van der Waals surface area contributed by atoms with Crippen LogP contribution >= 0.6 is 15.9 Å². The normalized spacial score (nSPS) is 9.73. The fraction of sp³-hybridized carbons (Fsp3) is 0.111. The van der Waals surface area contributed by atoms with Gasteiger partial charge in [-0.25, -0.2) is 9.59 Å². The molecule has 1 aromatic carbocycles. The molecule has 0 heterocycles. The van der Waals surface area contributed by atoms with Gasteiger partial charge < -0.3 is 14.9 Å². The maximum absolute atomic E-state index is 10.8. The van der Waals surface area contributed by atoms with Crippen molar-refractivity contribution in [1.82, 2.24) is 0 Å². The quantitative estimate of drug-likeness (QED) is 0.879. The maximum Gasteiger partial charge on any atom is 0.339 e. The van der Waals surface area contributed by atoms with Gasteiger partial charge in [0.25, 0.3) is 0 Å². The Hall–Kier alpha value is -1.56. The van der Waals surface area contributed by atoms with Crippen LogP contribution in [0, 0.1) is 0 Å². The average Bonchev–Trinajstić information content (AvgIpc) is 2.16. The van der Waals surface area contributed by atoms with Crippen LogP contribution in [0.1, 0.15) is 20.7 Å². The molecule has 0 aromatic heterocycles. The van der Waals surface area contributed by atoms with E-state index < -0.39 is 11.9 Å². The zero-order valence-corrected chi connectivity index (χ0v) is 9.24. The summed E-state index contributed by atoms with van der Waals surface area (Å²) in [6, 6.07) is 2.57. The summed E-state index contributed by atoms with van der Waals surface area (Å²) in [7, 11) is 1.22. The lowest BCUT2D eigenvalue weighted by Gasteiger charge is -2.08. The van der Waals surface area contributed by atoms with Crippen molar-refractivity contribution < 1.29 is 24.5 Å². The molecule has 0 radical (unpaired) electrons. The second kappa shape index (κ2) is 4.31. The van der Waals surface area contributed by atoms with Crippen molar-refractivity contribution in [2.45, 2.75) is 0 Å². The molecule has 6 heteroatoms. The molecule has 0 saturated heterocycles. The number of ether oxygens (including phenoxy) is 1. The summed E-state index contributed by atoms with van der Waals surface area (Å²) < 4.78 is 5.14. The molecule has 80 valence electrons. The SMILES string of the molecule is COc1c(C(=O)O)cc(Br)cc1C(=O)O. The predicted octanol–water partition coefficient (Wildman–Crippen LogP) is 1.85. The van der Waals surface area contributed by atoms with E-state index in [1.54, 1.807) is 0 Å². The Bertz CT molecular complexity index is 392. The third-order valence-corrected chi connectivity index (χ3v) is 2.18. The van der Waals surface area contributed by atoms with Crippen molar-refractivity contribution in [3.05, 3.63) is 27.7 Å². The zero-order valence-electron chi connectivity index (χ0n) is 7.65. The first kappa shape index (κ1) is 11.5. The van der Waals surface area contributed by atoms with Gasteiger partial charge in [0.05, 0.1) is 7.11 Å². The van der Waals surface area contributed by atoms with Gasteiger partial charge in [-0.15, -0.1) is 0 Å². The summed E-state index contributed by atoms with van der Waals surface area (Å²) >= 11 is 3.03. The number of carboxylic acid groups (broad SMARTS) is 2. The van der Waals surface area contributed by atoms with E-state index in [4.69, 9.17) is 14.9 Å². The third-order valence-electron chi connectivity index (χ3n) is 1.72. The second-order valence-electron chi connectivity index (χ2n) is 2.64. The molecular weight excluding hydrogens is 268 g/mol. The molecule has 0 fully saturated rings. The molecule has 15 heavy (non-hydrogen) atoms. The lowest BCUT2D eigenvalue weighted by atomic mass is 10.1. The van der Waals surface area contributed by atoms with E-state index >= 15 is 0 Å². The van der Waals surface area contributed by atoms with Gasteiger partial charge in [0.2, 0.25) is 0 Å². The van der Waals surface area contributed by atoms with Gasteiger partial charge in [-0.05, 0) is 12.1 Å². The van der Waals surface area contributed by atoms with E-state index in [-0.39, 0.29) is 16.9 Å². The fourth-order valence-corrected chi connectivity index (χ4v) is 1.59. The molecule has 5 nitrogen and oxygen atoms in total. The van der Waals surface area contributed by atoms with Gasteiger partial charge in [0.15, 0.2) is 0 Å². The molecule has 2 N–H and O–H groups in total. The molecule has 0 amide bonds. The van der Waals surface area contributed by atoms with Crippen LogP contribution in [-0.4, -0.2) is 29.3 Å². The Morgan fingerprint density at radius 3 is 1.87 bits per heavy atom. The van der Waals surface area contributed by atoms with E-state index in [0.29, 0.717) is 4.47 Å². The van der Waals surface area contributed by atoms with Crippen LogP contribution in [0.25, 0.3) is 0 Å². The number of hydrogen-bond acceptors (Lipinski definition) is 3. The summed E-state index contributed by atoms with van der Waals surface area (Å²) in [4.78, 5) is 21.6. The van der Waals surface area contributed by atoms with Gasteiger partial charge in [-0.3, -0.25) is 0 Å². The van der Waals surface area contributed by atoms with Crippen LogP contribution in [0.2, 0.25) is 0 Å². The molecule has 0 bridgehead atoms. The van der Waals surface area contributed by atoms with Crippen LogP contribution in [0.15, 0.2) is 16.6 Å². The molecule has 0 aliphatic carbocycles. The Morgan fingerprint density at radius 2 is 1.60 bits per heavy atom. The molecule has 1 rings (SSSR count). The smallest absolute Gasteiger partial charge is 0.339 e. The van der Waals surface area contributed by atoms with Crippen molar-refractivity contribution in [2.24, 2.45) is 0 Å². The van der Waals surface area contributed by atoms with Gasteiger partial charge in [0.1, 0.15) is 16.9 Å². The van der Waals surface area contributed by atoms with Crippen LogP contribution in [0.4, 0.5) is 0 Å². The highest BCUT2D eigenvalue weighted by Gasteiger charge is 2.20. The second-order valence-corrected chi connectivity index (χ2v) is 3.56. The molecule has 0 spiro atoms. The minimum atomic E-state index is -1.24. The Balaban J connectivity index is 3.52. The Labute approximate surface area is 93.4 Å². The monoisotopic (exact) mass is 274 g/mol. The first-order valence-electron chi connectivity index (χ1n) is 3.81. The van der Waals surface area contributed by atoms with E-state index in [2.05, 4.69) is 15.9 Å². The van der Waals surface area contributed by atoms with Gasteiger partial charge in [0, 0.05) is 4.47 Å². The summed E-state index contributed by atoms with van der Waals surface area (Å²) in [5.41, 5.74) is -0.381. The van der Waals surface area contributed by atoms with Crippen LogP contribution in [-0.2, 0) is 0 Å². The number of hydrogen-bond donors (Lipinski definition) is 2. The van der Waals surface area contributed by atoms with Gasteiger partial charge in [-0.2, -0.15) is 0 Å². The highest BCUT2D eigenvalue weighted by molar-refractivity contribution is 9.10. The van der Waals surface area contributed by atoms with Crippen molar-refractivity contribution in [3.8, 4) is 5.75 Å². The maximum atomic E-state index is 10.8. The molecule has 0 saturated carbocycles. The van der Waals surface area contributed by atoms with E-state index in [0.717, 1.165) is 0 Å². The third kappa shape index (κ3) is 2.27. The standard InChI is InChI=1S/C9H7BrO5/c1-15-7-5(8(11)12)2-4(10)3-6(7)9(13)14/h2-3H,1H3,(H,11,12)(H,13,14). The summed E-state index contributed by atoms with van der Waals surface area (Å²) in [6.07, 6.45) is 0. The highest BCUT2D eigenvalue weighted by atomic mass is 79.9. The lowest BCUT2D eigenvalue weighted by molar-refractivity contribution is 0.0690. The number of carboxylic acids is 2. The van der Waals surface area contributed by atoms with Crippen LogP contribution in [0.5, 0.6) is 5.75 Å². The van der Waals surface area contributed by atoms with Crippen molar-refractivity contribution in [2.75, 3.05) is 7.11 Å². The number of carbonyl (C=O) groups is 2. The number of rotatable bonds is 3. The summed E-state index contributed by atoms with van der Waals surface area (Å²) in [5.74, 6) is -2.63. The first-order chi connectivity index (χ1) is 6.97. The zero-order chi connectivity index (χ0) is 11.6.